The minimum absolute atomic E-state index is 0.00364. The lowest BCUT2D eigenvalue weighted by Crippen LogP contribution is -2.50. The van der Waals surface area contributed by atoms with Crippen molar-refractivity contribution in [2.24, 2.45) is 11.8 Å². The van der Waals surface area contributed by atoms with Crippen LogP contribution >= 0.6 is 0 Å². The lowest BCUT2D eigenvalue weighted by atomic mass is 9.85. The summed E-state index contributed by atoms with van der Waals surface area (Å²) >= 11 is 0. The summed E-state index contributed by atoms with van der Waals surface area (Å²) in [5.41, 5.74) is 1.44. The van der Waals surface area contributed by atoms with Gasteiger partial charge < -0.3 is 24.6 Å². The Morgan fingerprint density at radius 3 is 2.71 bits per heavy atom. The number of urea groups is 1. The molecular formula is C43H48F2N12O5. The molecule has 0 spiro atoms. The monoisotopic (exact) mass is 850 g/mol. The number of nitrogens with one attached hydrogen (secondary N) is 2. The molecule has 5 fully saturated rings. The van der Waals surface area contributed by atoms with Crippen LogP contribution in [0.1, 0.15) is 86.0 Å². The van der Waals surface area contributed by atoms with E-state index >= 15 is 0 Å². The molecule has 0 unspecified atom stereocenters. The molecule has 0 radical (unpaired) electrons. The van der Waals surface area contributed by atoms with Crippen molar-refractivity contribution in [3.8, 4) is 11.8 Å². The molecule has 2 N–H and O–H groups in total. The van der Waals surface area contributed by atoms with E-state index in [0.29, 0.717) is 41.1 Å². The van der Waals surface area contributed by atoms with Gasteiger partial charge in [-0.2, -0.15) is 10.2 Å². The highest BCUT2D eigenvalue weighted by atomic mass is 19.3. The number of amides is 4. The molecule has 5 aromatic heterocycles. The summed E-state index contributed by atoms with van der Waals surface area (Å²) in [6, 6.07) is 5.34. The quantitative estimate of drug-likeness (QED) is 0.187. The Morgan fingerprint density at radius 1 is 1.06 bits per heavy atom. The van der Waals surface area contributed by atoms with Crippen molar-refractivity contribution in [3.63, 3.8) is 0 Å². The largest absolute Gasteiger partial charge is 0.374 e. The number of aromatic nitrogens is 7. The second-order valence-corrected chi connectivity index (χ2v) is 17.1. The first-order chi connectivity index (χ1) is 30.1. The molecule has 4 amide bonds. The number of hydrogen-bond donors (Lipinski definition) is 2. The van der Waals surface area contributed by atoms with Crippen LogP contribution in [-0.4, -0.2) is 121 Å². The molecule has 5 aromatic rings. The molecule has 9 heterocycles. The molecule has 17 nitrogen and oxygen atoms in total. The Labute approximate surface area is 355 Å². The van der Waals surface area contributed by atoms with Gasteiger partial charge in [0.2, 0.25) is 5.91 Å². The first-order valence-electron chi connectivity index (χ1n) is 21.5. The Balaban J connectivity index is 0.701. The van der Waals surface area contributed by atoms with Crippen LogP contribution in [0.4, 0.5) is 30.9 Å². The summed E-state index contributed by atoms with van der Waals surface area (Å²) in [6.07, 6.45) is 11.2. The number of halogens is 2. The van der Waals surface area contributed by atoms with Gasteiger partial charge in [0, 0.05) is 57.7 Å². The summed E-state index contributed by atoms with van der Waals surface area (Å²) in [5.74, 6) is 7.59. The highest BCUT2D eigenvalue weighted by Crippen LogP contribution is 2.37. The van der Waals surface area contributed by atoms with Crippen molar-refractivity contribution in [3.05, 3.63) is 66.0 Å². The Morgan fingerprint density at radius 2 is 1.94 bits per heavy atom. The number of anilines is 3. The van der Waals surface area contributed by atoms with E-state index in [0.717, 1.165) is 70.5 Å². The van der Waals surface area contributed by atoms with Crippen molar-refractivity contribution in [1.82, 2.24) is 44.0 Å². The molecule has 1 aliphatic carbocycles. The number of carbonyl (C=O) groups is 3. The van der Waals surface area contributed by atoms with Gasteiger partial charge in [-0.3, -0.25) is 28.9 Å². The minimum Gasteiger partial charge on any atom is -0.374 e. The van der Waals surface area contributed by atoms with Gasteiger partial charge in [0.05, 0.1) is 54.5 Å². The topological polar surface area (TPSA) is 169 Å². The summed E-state index contributed by atoms with van der Waals surface area (Å²) < 4.78 is 45.5. The zero-order chi connectivity index (χ0) is 42.5. The molecular weight excluding hydrogens is 803 g/mol. The number of ether oxygens (including phenoxy) is 2. The zero-order valence-corrected chi connectivity index (χ0v) is 34.3. The number of hydrogen-bond acceptors (Lipinski definition) is 11. The van der Waals surface area contributed by atoms with Gasteiger partial charge in [-0.25, -0.2) is 28.1 Å². The first-order valence-corrected chi connectivity index (χ1v) is 21.5. The highest BCUT2D eigenvalue weighted by molar-refractivity contribution is 6.08. The van der Waals surface area contributed by atoms with Gasteiger partial charge in [0.25, 0.3) is 12.3 Å². The van der Waals surface area contributed by atoms with Gasteiger partial charge in [0.1, 0.15) is 23.8 Å². The maximum atomic E-state index is 14.3. The van der Waals surface area contributed by atoms with Gasteiger partial charge in [-0.15, -0.1) is 0 Å². The molecule has 10 rings (SSSR count). The molecule has 324 valence electrons. The SMILES string of the molecule is C[C@H]1CN(CC2CCC(n3cc(NC(=O)c4cnn5ccc(N6C[C@H]7C[C@@H]6CO7)nc45)c(C(F)F)n3)CC2)CC[C@@H]1OCC#Cc1cccn2c(N3CCC(=O)NC3=O)cnc12. The summed E-state index contributed by atoms with van der Waals surface area (Å²) in [4.78, 5) is 53.0. The number of piperidine rings is 1. The number of carbonyl (C=O) groups excluding carboxylic acids is 3. The molecule has 1 saturated carbocycles. The molecule has 4 aliphatic heterocycles. The summed E-state index contributed by atoms with van der Waals surface area (Å²) in [5, 5.41) is 13.6. The second kappa shape index (κ2) is 16.7. The van der Waals surface area contributed by atoms with E-state index in [-0.39, 0.29) is 61.0 Å². The lowest BCUT2D eigenvalue weighted by molar-refractivity contribution is -0.120. The van der Waals surface area contributed by atoms with Gasteiger partial charge in [-0.05, 0) is 68.6 Å². The van der Waals surface area contributed by atoms with Crippen LogP contribution in [0, 0.1) is 23.7 Å². The lowest BCUT2D eigenvalue weighted by Gasteiger charge is -2.39. The molecule has 4 saturated heterocycles. The average molecular weight is 851 g/mol. The molecule has 62 heavy (non-hydrogen) atoms. The van der Waals surface area contributed by atoms with Crippen LogP contribution in [0.2, 0.25) is 0 Å². The average Bonchev–Trinajstić information content (AvgIpc) is 4.12. The predicted octanol–water partition coefficient (Wildman–Crippen LogP) is 4.70. The fourth-order valence-electron chi connectivity index (χ4n) is 9.84. The van der Waals surface area contributed by atoms with E-state index in [1.807, 2.05) is 24.4 Å². The van der Waals surface area contributed by atoms with Crippen LogP contribution in [0.3, 0.4) is 0 Å². The normalized spacial score (nSPS) is 25.5. The van der Waals surface area contributed by atoms with Gasteiger partial charge in [-0.1, -0.05) is 18.8 Å². The standard InChI is InChI=1S/C43H48F2N12O5/c1-26-21-52(14-10-34(26)61-17-3-5-28-4-2-13-53-37(20-46-40(28)53)54-15-12-36(58)50-43(54)60)22-27-6-8-29(9-7-27)57-24-33(38(51-57)39(44)45)48-42(59)32-19-47-56-16-11-35(49-41(32)56)55-23-31-18-30(55)25-62-31/h2,4,11,13,16,19-20,24,26-27,29-31,34,39H,6-10,12,14-15,17-18,21-23,25H2,1H3,(H,48,59)(H,50,58,60)/t26-,27?,29?,30+,31+,34-/m0/s1. The molecule has 0 aromatic carbocycles. The number of imide groups is 1. The summed E-state index contributed by atoms with van der Waals surface area (Å²) in [7, 11) is 0. The molecule has 4 atom stereocenters. The maximum Gasteiger partial charge on any atom is 0.329 e. The van der Waals surface area contributed by atoms with Crippen LogP contribution in [-0.2, 0) is 14.3 Å². The minimum atomic E-state index is -2.86. The predicted molar refractivity (Wildman–Crippen MR) is 222 cm³/mol. The van der Waals surface area contributed by atoms with Crippen molar-refractivity contribution >= 4 is 46.5 Å². The smallest absolute Gasteiger partial charge is 0.329 e. The van der Waals surface area contributed by atoms with E-state index in [9.17, 15) is 23.2 Å². The number of alkyl halides is 2. The van der Waals surface area contributed by atoms with Crippen molar-refractivity contribution in [2.45, 2.75) is 82.6 Å². The van der Waals surface area contributed by atoms with Crippen molar-refractivity contribution < 1.29 is 32.6 Å². The van der Waals surface area contributed by atoms with Crippen molar-refractivity contribution in [1.29, 1.82) is 0 Å². The van der Waals surface area contributed by atoms with Crippen LogP contribution in [0.15, 0.2) is 49.2 Å². The van der Waals surface area contributed by atoms with E-state index < -0.39 is 24.1 Å². The highest BCUT2D eigenvalue weighted by Gasteiger charge is 2.40. The number of fused-ring (bicyclic) bond motifs is 4. The fourth-order valence-corrected chi connectivity index (χ4v) is 9.84. The molecule has 2 bridgehead atoms. The van der Waals surface area contributed by atoms with E-state index in [1.54, 1.807) is 27.7 Å². The first kappa shape index (κ1) is 40.1. The van der Waals surface area contributed by atoms with E-state index in [2.05, 4.69) is 54.4 Å². The number of pyridine rings is 1. The third kappa shape index (κ3) is 7.86. The molecule has 5 aliphatic rings. The second-order valence-electron chi connectivity index (χ2n) is 17.1. The fraction of sp³-hybridized carbons (Fsp3) is 0.512. The Hall–Kier alpha value is -5.97. The third-order valence-electron chi connectivity index (χ3n) is 13.1. The number of rotatable bonds is 10. The maximum absolute atomic E-state index is 14.3. The Bertz CT molecular complexity index is 2570. The van der Waals surface area contributed by atoms with Crippen molar-refractivity contribution in [2.75, 3.05) is 61.1 Å². The van der Waals surface area contributed by atoms with E-state index in [4.69, 9.17) is 14.5 Å². The van der Waals surface area contributed by atoms with Gasteiger partial charge in [0.15, 0.2) is 17.0 Å². The summed E-state index contributed by atoms with van der Waals surface area (Å²) in [6.45, 7) is 6.98. The Kier molecular flexibility index (Phi) is 10.8. The number of nitrogens with zero attached hydrogens (tertiary/aromatic N) is 10. The van der Waals surface area contributed by atoms with E-state index in [1.165, 1.54) is 15.6 Å². The molecule has 19 heteroatoms. The number of likely N-dealkylation sites (tertiary alicyclic amines) is 1. The van der Waals surface area contributed by atoms with Crippen LogP contribution in [0.25, 0.3) is 11.3 Å². The number of morpholine rings is 1. The number of imidazole rings is 1. The van der Waals surface area contributed by atoms with Crippen LogP contribution < -0.4 is 20.4 Å². The third-order valence-corrected chi connectivity index (χ3v) is 13.1. The van der Waals surface area contributed by atoms with Crippen LogP contribution in [0.5, 0.6) is 0 Å². The zero-order valence-electron chi connectivity index (χ0n) is 34.3. The van der Waals surface area contributed by atoms with Gasteiger partial charge >= 0.3 is 6.03 Å².